The maximum absolute atomic E-state index is 14.2. The third-order valence-corrected chi connectivity index (χ3v) is 5.35. The van der Waals surface area contributed by atoms with Gasteiger partial charge in [0.2, 0.25) is 15.9 Å². The minimum atomic E-state index is -3.89. The lowest BCUT2D eigenvalue weighted by Crippen LogP contribution is -2.51. The second-order valence-electron chi connectivity index (χ2n) is 6.58. The molecule has 2 atom stereocenters. The van der Waals surface area contributed by atoms with Crippen LogP contribution in [-0.4, -0.2) is 46.4 Å². The second-order valence-corrected chi connectivity index (χ2v) is 8.44. The first-order valence-electron chi connectivity index (χ1n) is 8.94. The van der Waals surface area contributed by atoms with Crippen LogP contribution in [0.15, 0.2) is 48.5 Å². The average Bonchev–Trinajstić information content (AvgIpc) is 2.67. The van der Waals surface area contributed by atoms with Crippen molar-refractivity contribution in [3.63, 3.8) is 0 Å². The van der Waals surface area contributed by atoms with E-state index in [4.69, 9.17) is 9.47 Å². The monoisotopic (exact) mass is 424 g/mol. The summed E-state index contributed by atoms with van der Waals surface area (Å²) in [5.41, 5.74) is -0.181. The molecule has 0 bridgehead atoms. The molecule has 0 heterocycles. The van der Waals surface area contributed by atoms with Gasteiger partial charge in [0.1, 0.15) is 30.0 Å². The highest BCUT2D eigenvalue weighted by Crippen LogP contribution is 2.24. The van der Waals surface area contributed by atoms with E-state index in [1.807, 2.05) is 0 Å². The number of sulfonamides is 1. The van der Waals surface area contributed by atoms with Gasteiger partial charge < -0.3 is 14.8 Å². The highest BCUT2D eigenvalue weighted by Gasteiger charge is 2.31. The summed E-state index contributed by atoms with van der Waals surface area (Å²) >= 11 is 0. The topological polar surface area (TPSA) is 84.9 Å². The highest BCUT2D eigenvalue weighted by atomic mass is 32.2. The van der Waals surface area contributed by atoms with Crippen molar-refractivity contribution in [1.29, 1.82) is 0 Å². The summed E-state index contributed by atoms with van der Waals surface area (Å²) in [7, 11) is -2.33. The van der Waals surface area contributed by atoms with Crippen LogP contribution in [-0.2, 0) is 14.8 Å². The van der Waals surface area contributed by atoms with Gasteiger partial charge in [0, 0.05) is 0 Å². The van der Waals surface area contributed by atoms with Crippen molar-refractivity contribution >= 4 is 21.6 Å². The molecule has 0 fully saturated rings. The Hall–Kier alpha value is -2.81. The van der Waals surface area contributed by atoms with Gasteiger partial charge in [0.25, 0.3) is 0 Å². The first-order valence-corrected chi connectivity index (χ1v) is 10.8. The molecule has 9 heteroatoms. The van der Waals surface area contributed by atoms with Gasteiger partial charge in [-0.2, -0.15) is 0 Å². The van der Waals surface area contributed by atoms with E-state index < -0.39 is 33.8 Å². The molecular weight excluding hydrogens is 399 g/mol. The Bertz CT molecular complexity index is 934. The molecular formula is C20H25FN2O5S. The number of amides is 1. The van der Waals surface area contributed by atoms with Crippen LogP contribution in [0, 0.1) is 5.82 Å². The standard InChI is InChI=1S/C20H25FN2O5S/c1-14(13-28-17-11-9-16(27-3)10-12-17)22-20(24)15(2)23(29(4,25)26)19-8-6-5-7-18(19)21/h5-12,14-15H,13H2,1-4H3,(H,22,24)/t14-,15+/m1/s1. The van der Waals surface area contributed by atoms with Gasteiger partial charge in [-0.05, 0) is 50.2 Å². The van der Waals surface area contributed by atoms with Gasteiger partial charge in [-0.15, -0.1) is 0 Å². The molecule has 0 spiro atoms. The number of carbonyl (C=O) groups excluding carboxylic acids is 1. The largest absolute Gasteiger partial charge is 0.497 e. The fourth-order valence-electron chi connectivity index (χ4n) is 2.71. The lowest BCUT2D eigenvalue weighted by molar-refractivity contribution is -0.122. The third kappa shape index (κ3) is 6.08. The van der Waals surface area contributed by atoms with Crippen molar-refractivity contribution in [1.82, 2.24) is 5.32 Å². The highest BCUT2D eigenvalue weighted by molar-refractivity contribution is 7.92. The normalized spacial score (nSPS) is 13.3. The van der Waals surface area contributed by atoms with Crippen molar-refractivity contribution < 1.29 is 27.1 Å². The molecule has 2 rings (SSSR count). The van der Waals surface area contributed by atoms with Gasteiger partial charge in [-0.1, -0.05) is 12.1 Å². The van der Waals surface area contributed by atoms with Crippen molar-refractivity contribution in [2.45, 2.75) is 25.9 Å². The summed E-state index contributed by atoms with van der Waals surface area (Å²) < 4.78 is 50.1. The number of nitrogens with zero attached hydrogens (tertiary/aromatic N) is 1. The molecule has 0 saturated carbocycles. The average molecular weight is 424 g/mol. The minimum absolute atomic E-state index is 0.170. The Morgan fingerprint density at radius 1 is 1.10 bits per heavy atom. The van der Waals surface area contributed by atoms with Crippen molar-refractivity contribution in [2.24, 2.45) is 0 Å². The SMILES string of the molecule is COc1ccc(OC[C@@H](C)NC(=O)[C@H](C)N(c2ccccc2F)S(C)(=O)=O)cc1. The van der Waals surface area contributed by atoms with Crippen LogP contribution in [0.25, 0.3) is 0 Å². The van der Waals surface area contributed by atoms with Crippen LogP contribution in [0.2, 0.25) is 0 Å². The number of hydrogen-bond acceptors (Lipinski definition) is 5. The maximum Gasteiger partial charge on any atom is 0.243 e. The lowest BCUT2D eigenvalue weighted by atomic mass is 10.2. The molecule has 158 valence electrons. The Morgan fingerprint density at radius 2 is 1.69 bits per heavy atom. The first kappa shape index (κ1) is 22.5. The fourth-order valence-corrected chi connectivity index (χ4v) is 3.89. The predicted octanol–water partition coefficient (Wildman–Crippen LogP) is 2.57. The number of anilines is 1. The van der Waals surface area contributed by atoms with Gasteiger partial charge >= 0.3 is 0 Å². The molecule has 2 aromatic rings. The number of carbonyl (C=O) groups is 1. The number of ether oxygens (including phenoxy) is 2. The molecule has 0 saturated heterocycles. The van der Waals surface area contributed by atoms with Crippen LogP contribution in [0.4, 0.5) is 10.1 Å². The number of rotatable bonds is 9. The molecule has 0 aliphatic carbocycles. The molecule has 1 N–H and O–H groups in total. The number of hydrogen-bond donors (Lipinski definition) is 1. The van der Waals surface area contributed by atoms with Gasteiger partial charge in [0.15, 0.2) is 0 Å². The molecule has 0 radical (unpaired) electrons. The maximum atomic E-state index is 14.2. The lowest BCUT2D eigenvalue weighted by Gasteiger charge is -2.29. The molecule has 0 aliphatic heterocycles. The van der Waals surface area contributed by atoms with Crippen LogP contribution in [0.1, 0.15) is 13.8 Å². The zero-order valence-electron chi connectivity index (χ0n) is 16.8. The zero-order valence-corrected chi connectivity index (χ0v) is 17.6. The molecule has 29 heavy (non-hydrogen) atoms. The second kappa shape index (κ2) is 9.60. The van der Waals surface area contributed by atoms with Crippen molar-refractivity contribution in [3.05, 3.63) is 54.3 Å². The molecule has 0 aliphatic rings. The third-order valence-electron chi connectivity index (χ3n) is 4.13. The Balaban J connectivity index is 2.04. The number of benzene rings is 2. The van der Waals surface area contributed by atoms with E-state index in [0.29, 0.717) is 11.5 Å². The molecule has 0 unspecified atom stereocenters. The van der Waals surface area contributed by atoms with E-state index in [2.05, 4.69) is 5.32 Å². The molecule has 0 aromatic heterocycles. The summed E-state index contributed by atoms with van der Waals surface area (Å²) in [6.45, 7) is 3.30. The van der Waals surface area contributed by atoms with Crippen LogP contribution in [0.3, 0.4) is 0 Å². The van der Waals surface area contributed by atoms with E-state index >= 15 is 0 Å². The summed E-state index contributed by atoms with van der Waals surface area (Å²) in [5.74, 6) is 0.00331. The van der Waals surface area contributed by atoms with E-state index in [1.54, 1.807) is 38.3 Å². The smallest absolute Gasteiger partial charge is 0.243 e. The van der Waals surface area contributed by atoms with E-state index in [9.17, 15) is 17.6 Å². The van der Waals surface area contributed by atoms with E-state index in [0.717, 1.165) is 16.6 Å². The Kier molecular flexibility index (Phi) is 7.44. The minimum Gasteiger partial charge on any atom is -0.497 e. The first-order chi connectivity index (χ1) is 13.6. The summed E-state index contributed by atoms with van der Waals surface area (Å²) in [4.78, 5) is 12.6. The molecule has 7 nitrogen and oxygen atoms in total. The summed E-state index contributed by atoms with van der Waals surface area (Å²) in [5, 5.41) is 2.70. The van der Waals surface area contributed by atoms with Crippen LogP contribution < -0.4 is 19.1 Å². The fraction of sp³-hybridized carbons (Fsp3) is 0.350. The van der Waals surface area contributed by atoms with Gasteiger partial charge in [-0.3, -0.25) is 9.10 Å². The van der Waals surface area contributed by atoms with Crippen molar-refractivity contribution in [3.8, 4) is 11.5 Å². The molecule has 1 amide bonds. The Labute approximate surface area is 170 Å². The summed E-state index contributed by atoms with van der Waals surface area (Å²) in [6, 6.07) is 10.8. The van der Waals surface area contributed by atoms with Crippen molar-refractivity contribution in [2.75, 3.05) is 24.3 Å². The number of methoxy groups -OCH3 is 1. The quantitative estimate of drug-likeness (QED) is 0.669. The Morgan fingerprint density at radius 3 is 2.24 bits per heavy atom. The van der Waals surface area contributed by atoms with E-state index in [1.165, 1.54) is 25.1 Å². The summed E-state index contributed by atoms with van der Waals surface area (Å²) in [6.07, 6.45) is 0.930. The van der Waals surface area contributed by atoms with E-state index in [-0.39, 0.29) is 12.3 Å². The van der Waals surface area contributed by atoms with Crippen LogP contribution >= 0.6 is 0 Å². The predicted molar refractivity (Wildman–Crippen MR) is 109 cm³/mol. The number of halogens is 1. The number of nitrogens with one attached hydrogen (secondary N) is 1. The van der Waals surface area contributed by atoms with Gasteiger partial charge in [0.05, 0.1) is 25.1 Å². The zero-order chi connectivity index (χ0) is 21.6. The number of para-hydroxylation sites is 1. The van der Waals surface area contributed by atoms with Crippen LogP contribution in [0.5, 0.6) is 11.5 Å². The van der Waals surface area contributed by atoms with Gasteiger partial charge in [-0.25, -0.2) is 12.8 Å². The molecule has 2 aromatic carbocycles.